The number of hydrogen-bond acceptors (Lipinski definition) is 8. The lowest BCUT2D eigenvalue weighted by molar-refractivity contribution is -0.139. The number of carbonyl (C=O) groups is 1. The van der Waals surface area contributed by atoms with E-state index in [1.54, 1.807) is 42.7 Å². The van der Waals surface area contributed by atoms with Crippen molar-refractivity contribution in [1.29, 1.82) is 0 Å². The number of sulfonamides is 1. The van der Waals surface area contributed by atoms with Gasteiger partial charge in [0, 0.05) is 30.6 Å². The molecular weight excluding hydrogens is 468 g/mol. The molecule has 1 aliphatic heterocycles. The highest BCUT2D eigenvalue weighted by Crippen LogP contribution is 2.32. The molecule has 4 aromatic rings. The van der Waals surface area contributed by atoms with Crippen molar-refractivity contribution in [3.05, 3.63) is 96.2 Å². The Kier molecular flexibility index (Phi) is 6.11. The van der Waals surface area contributed by atoms with E-state index in [1.807, 2.05) is 24.3 Å². The molecule has 5 rings (SSSR count). The number of aromatic nitrogens is 3. The number of hydrogen-bond donors (Lipinski definition) is 0. The third-order valence-electron chi connectivity index (χ3n) is 5.45. The van der Waals surface area contributed by atoms with Crippen molar-refractivity contribution in [2.75, 3.05) is 10.8 Å². The highest BCUT2D eigenvalue weighted by atomic mass is 32.2. The zero-order valence-corrected chi connectivity index (χ0v) is 19.3. The molecule has 1 aliphatic rings. The second kappa shape index (κ2) is 9.51. The van der Waals surface area contributed by atoms with Crippen LogP contribution in [-0.2, 0) is 32.6 Å². The summed E-state index contributed by atoms with van der Waals surface area (Å²) < 4.78 is 37.9. The fourth-order valence-electron chi connectivity index (χ4n) is 3.71. The van der Waals surface area contributed by atoms with E-state index in [4.69, 9.17) is 9.26 Å². The number of anilines is 1. The standard InChI is InChI=1S/C25H20N4O5S/c30-24(33-17-23-27-25(28-34-23)20-5-3-14-26-16-20)12-9-18-7-10-21(11-8-18)35(31,32)29-15-13-19-4-1-2-6-22(19)29/h1-12,14,16H,13,15,17H2/b12-9+. The predicted octanol–water partition coefficient (Wildman–Crippen LogP) is 3.64. The van der Waals surface area contributed by atoms with Gasteiger partial charge in [-0.15, -0.1) is 0 Å². The van der Waals surface area contributed by atoms with E-state index in [0.29, 0.717) is 35.6 Å². The lowest BCUT2D eigenvalue weighted by Gasteiger charge is -2.19. The number of esters is 1. The molecule has 176 valence electrons. The zero-order valence-electron chi connectivity index (χ0n) is 18.4. The third kappa shape index (κ3) is 4.82. The Morgan fingerprint density at radius 2 is 1.91 bits per heavy atom. The van der Waals surface area contributed by atoms with Gasteiger partial charge in [-0.25, -0.2) is 13.2 Å². The molecule has 0 spiro atoms. The molecule has 3 heterocycles. The van der Waals surface area contributed by atoms with E-state index in [-0.39, 0.29) is 17.4 Å². The van der Waals surface area contributed by atoms with Gasteiger partial charge in [0.05, 0.1) is 10.6 Å². The summed E-state index contributed by atoms with van der Waals surface area (Å²) in [4.78, 5) is 20.4. The van der Waals surface area contributed by atoms with E-state index in [2.05, 4.69) is 15.1 Å². The molecule has 9 nitrogen and oxygen atoms in total. The van der Waals surface area contributed by atoms with E-state index in [9.17, 15) is 13.2 Å². The SMILES string of the molecule is O=C(/C=C/c1ccc(S(=O)(=O)N2CCc3ccccc32)cc1)OCc1nc(-c2cccnc2)no1. The molecule has 0 atom stereocenters. The van der Waals surface area contributed by atoms with Gasteiger partial charge in [-0.3, -0.25) is 9.29 Å². The first-order valence-electron chi connectivity index (χ1n) is 10.8. The summed E-state index contributed by atoms with van der Waals surface area (Å²) in [7, 11) is -3.67. The van der Waals surface area contributed by atoms with Crippen LogP contribution >= 0.6 is 0 Å². The predicted molar refractivity (Wildman–Crippen MR) is 127 cm³/mol. The van der Waals surface area contributed by atoms with Gasteiger partial charge >= 0.3 is 5.97 Å². The van der Waals surface area contributed by atoms with Gasteiger partial charge in [0.2, 0.25) is 5.82 Å². The molecule has 2 aromatic carbocycles. The minimum Gasteiger partial charge on any atom is -0.452 e. The van der Waals surface area contributed by atoms with Gasteiger partial charge in [0.1, 0.15) is 0 Å². The van der Waals surface area contributed by atoms with Crippen LogP contribution < -0.4 is 4.31 Å². The molecule has 0 amide bonds. The fourth-order valence-corrected chi connectivity index (χ4v) is 5.21. The van der Waals surface area contributed by atoms with E-state index < -0.39 is 16.0 Å². The highest BCUT2D eigenvalue weighted by molar-refractivity contribution is 7.92. The van der Waals surface area contributed by atoms with Crippen LogP contribution in [0.1, 0.15) is 17.0 Å². The first-order chi connectivity index (χ1) is 17.0. The largest absolute Gasteiger partial charge is 0.452 e. The number of fused-ring (bicyclic) bond motifs is 1. The minimum absolute atomic E-state index is 0.156. The van der Waals surface area contributed by atoms with Gasteiger partial charge < -0.3 is 9.26 Å². The average Bonchev–Trinajstić information content (AvgIpc) is 3.55. The Labute approximate surface area is 201 Å². The highest BCUT2D eigenvalue weighted by Gasteiger charge is 2.30. The molecule has 2 aromatic heterocycles. The number of benzene rings is 2. The monoisotopic (exact) mass is 488 g/mol. The first kappa shape index (κ1) is 22.5. The lowest BCUT2D eigenvalue weighted by Crippen LogP contribution is -2.29. The summed E-state index contributed by atoms with van der Waals surface area (Å²) >= 11 is 0. The van der Waals surface area contributed by atoms with E-state index in [1.165, 1.54) is 22.5 Å². The van der Waals surface area contributed by atoms with Crippen LogP contribution in [-0.4, -0.2) is 36.1 Å². The average molecular weight is 489 g/mol. The molecule has 10 heteroatoms. The summed E-state index contributed by atoms with van der Waals surface area (Å²) in [6.45, 7) is 0.240. The Hall–Kier alpha value is -4.31. The molecule has 0 saturated carbocycles. The fraction of sp³-hybridized carbons (Fsp3) is 0.120. The van der Waals surface area contributed by atoms with E-state index >= 15 is 0 Å². The Bertz CT molecular complexity index is 1480. The Morgan fingerprint density at radius 1 is 1.09 bits per heavy atom. The molecule has 0 fully saturated rings. The van der Waals surface area contributed by atoms with Crippen LogP contribution in [0.25, 0.3) is 17.5 Å². The minimum atomic E-state index is -3.67. The van der Waals surface area contributed by atoms with Gasteiger partial charge in [-0.1, -0.05) is 35.5 Å². The molecular formula is C25H20N4O5S. The summed E-state index contributed by atoms with van der Waals surface area (Å²) in [5, 5.41) is 3.84. The zero-order chi connectivity index (χ0) is 24.3. The van der Waals surface area contributed by atoms with Gasteiger partial charge in [0.15, 0.2) is 6.61 Å². The summed E-state index contributed by atoms with van der Waals surface area (Å²) in [5.74, 6) is -0.0905. The van der Waals surface area contributed by atoms with Crippen molar-refractivity contribution in [2.45, 2.75) is 17.9 Å². The van der Waals surface area contributed by atoms with Crippen molar-refractivity contribution in [1.82, 2.24) is 15.1 Å². The second-order valence-electron chi connectivity index (χ2n) is 7.72. The van der Waals surface area contributed by atoms with Crippen LogP contribution in [0.4, 0.5) is 5.69 Å². The third-order valence-corrected chi connectivity index (χ3v) is 7.28. The number of rotatable bonds is 7. The van der Waals surface area contributed by atoms with Gasteiger partial charge in [0.25, 0.3) is 15.9 Å². The first-order valence-corrected chi connectivity index (χ1v) is 12.2. The summed E-state index contributed by atoms with van der Waals surface area (Å²) in [5.41, 5.74) is 3.07. The number of carbonyl (C=O) groups excluding carboxylic acids is 1. The van der Waals surface area contributed by atoms with Crippen LogP contribution in [0.5, 0.6) is 0 Å². The summed E-state index contributed by atoms with van der Waals surface area (Å²) in [6.07, 6.45) is 6.71. The maximum absolute atomic E-state index is 13.1. The van der Waals surface area contributed by atoms with Gasteiger partial charge in [-0.05, 0) is 54.0 Å². The normalized spacial score (nSPS) is 13.2. The van der Waals surface area contributed by atoms with Crippen LogP contribution in [0, 0.1) is 0 Å². The quantitative estimate of drug-likeness (QED) is 0.286. The van der Waals surface area contributed by atoms with Crippen molar-refractivity contribution in [3.8, 4) is 11.4 Å². The number of ether oxygens (including phenoxy) is 1. The molecule has 0 radical (unpaired) electrons. The molecule has 0 N–H and O–H groups in total. The van der Waals surface area contributed by atoms with Crippen LogP contribution in [0.15, 0.2) is 88.6 Å². The second-order valence-corrected chi connectivity index (χ2v) is 9.58. The van der Waals surface area contributed by atoms with E-state index in [0.717, 1.165) is 5.56 Å². The van der Waals surface area contributed by atoms with Gasteiger partial charge in [-0.2, -0.15) is 4.98 Å². The topological polar surface area (TPSA) is 115 Å². The smallest absolute Gasteiger partial charge is 0.331 e. The van der Waals surface area contributed by atoms with Crippen molar-refractivity contribution in [3.63, 3.8) is 0 Å². The van der Waals surface area contributed by atoms with Crippen LogP contribution in [0.2, 0.25) is 0 Å². The molecule has 0 unspecified atom stereocenters. The van der Waals surface area contributed by atoms with Crippen molar-refractivity contribution < 1.29 is 22.5 Å². The summed E-state index contributed by atoms with van der Waals surface area (Å²) in [6, 6.07) is 17.4. The van der Waals surface area contributed by atoms with Crippen molar-refractivity contribution >= 4 is 27.8 Å². The van der Waals surface area contributed by atoms with Crippen molar-refractivity contribution in [2.24, 2.45) is 0 Å². The maximum Gasteiger partial charge on any atom is 0.331 e. The van der Waals surface area contributed by atoms with Crippen LogP contribution in [0.3, 0.4) is 0 Å². The maximum atomic E-state index is 13.1. The number of nitrogens with zero attached hydrogens (tertiary/aromatic N) is 4. The molecule has 0 bridgehead atoms. The Morgan fingerprint density at radius 3 is 2.71 bits per heavy atom. The lowest BCUT2D eigenvalue weighted by atomic mass is 10.2. The molecule has 0 saturated heterocycles. The Balaban J connectivity index is 1.19. The molecule has 35 heavy (non-hydrogen) atoms. The number of pyridine rings is 1. The molecule has 0 aliphatic carbocycles. The number of para-hydroxylation sites is 1.